The highest BCUT2D eigenvalue weighted by atomic mass is 32.2. The highest BCUT2D eigenvalue weighted by Gasteiger charge is 1.99. The first-order valence-electron chi connectivity index (χ1n) is 5.87. The zero-order valence-electron chi connectivity index (χ0n) is 10.3. The van der Waals surface area contributed by atoms with Crippen LogP contribution in [0.1, 0.15) is 11.1 Å². The summed E-state index contributed by atoms with van der Waals surface area (Å²) in [5.41, 5.74) is 1.72. The van der Waals surface area contributed by atoms with E-state index < -0.39 is 9.84 Å². The van der Waals surface area contributed by atoms with Gasteiger partial charge >= 0.3 is 0 Å². The molecule has 0 N–H and O–H groups in total. The van der Waals surface area contributed by atoms with Gasteiger partial charge in [-0.15, -0.1) is 0 Å². The molecule has 2 rings (SSSR count). The topological polar surface area (TPSA) is 34.1 Å². The first kappa shape index (κ1) is 13.3. The van der Waals surface area contributed by atoms with Crippen molar-refractivity contribution in [3.8, 4) is 0 Å². The maximum absolute atomic E-state index is 11.8. The molecule has 3 heteroatoms. The Morgan fingerprint density at radius 3 is 1.37 bits per heavy atom. The molecule has 0 aliphatic heterocycles. The highest BCUT2D eigenvalue weighted by molar-refractivity contribution is 7.97. The predicted octanol–water partition coefficient (Wildman–Crippen LogP) is 3.74. The Balaban J connectivity index is 2.12. The van der Waals surface area contributed by atoms with E-state index >= 15 is 0 Å². The van der Waals surface area contributed by atoms with Crippen molar-refractivity contribution in [3.63, 3.8) is 0 Å². The zero-order chi connectivity index (χ0) is 13.6. The lowest BCUT2D eigenvalue weighted by Gasteiger charge is -1.93. The van der Waals surface area contributed by atoms with E-state index in [-0.39, 0.29) is 0 Å². The normalized spacial score (nSPS) is 12.2. The van der Waals surface area contributed by atoms with E-state index in [1.54, 1.807) is 12.2 Å². The van der Waals surface area contributed by atoms with Gasteiger partial charge in [-0.25, -0.2) is 8.42 Å². The molecule has 0 atom stereocenters. The maximum atomic E-state index is 11.8. The second kappa shape index (κ2) is 6.16. The predicted molar refractivity (Wildman–Crippen MR) is 79.9 cm³/mol. The summed E-state index contributed by atoms with van der Waals surface area (Å²) in [7, 11) is -3.34. The van der Waals surface area contributed by atoms with Gasteiger partial charge in [-0.3, -0.25) is 0 Å². The van der Waals surface area contributed by atoms with Crippen LogP contribution in [-0.4, -0.2) is 8.42 Å². The fraction of sp³-hybridized carbons (Fsp3) is 0. The first-order valence-corrected chi connectivity index (χ1v) is 7.48. The van der Waals surface area contributed by atoms with Gasteiger partial charge in [0.05, 0.1) is 0 Å². The van der Waals surface area contributed by atoms with E-state index in [0.29, 0.717) is 0 Å². The lowest BCUT2D eigenvalue weighted by atomic mass is 10.2. The number of benzene rings is 2. The fourth-order valence-electron chi connectivity index (χ4n) is 1.52. The van der Waals surface area contributed by atoms with Gasteiger partial charge in [0.15, 0.2) is 9.84 Å². The van der Waals surface area contributed by atoms with Gasteiger partial charge < -0.3 is 0 Å². The van der Waals surface area contributed by atoms with Gasteiger partial charge in [0.25, 0.3) is 0 Å². The van der Waals surface area contributed by atoms with Gasteiger partial charge in [0.2, 0.25) is 0 Å². The lowest BCUT2D eigenvalue weighted by molar-refractivity contribution is 0.613. The van der Waals surface area contributed by atoms with Crippen molar-refractivity contribution in [2.24, 2.45) is 0 Å². The molecule has 0 aliphatic rings. The van der Waals surface area contributed by atoms with Crippen molar-refractivity contribution < 1.29 is 8.42 Å². The van der Waals surface area contributed by atoms with Crippen LogP contribution in [0.4, 0.5) is 0 Å². The minimum Gasteiger partial charge on any atom is -0.220 e. The van der Waals surface area contributed by atoms with Crippen LogP contribution >= 0.6 is 0 Å². The Morgan fingerprint density at radius 2 is 1.00 bits per heavy atom. The van der Waals surface area contributed by atoms with Crippen LogP contribution in [0.2, 0.25) is 0 Å². The van der Waals surface area contributed by atoms with Crippen molar-refractivity contribution in [1.29, 1.82) is 0 Å². The lowest BCUT2D eigenvalue weighted by Crippen LogP contribution is -1.87. The van der Waals surface area contributed by atoms with E-state index in [2.05, 4.69) is 0 Å². The fourth-order valence-corrected chi connectivity index (χ4v) is 2.30. The molecule has 0 spiro atoms. The summed E-state index contributed by atoms with van der Waals surface area (Å²) in [6.07, 6.45) is 3.18. The Labute approximate surface area is 113 Å². The summed E-state index contributed by atoms with van der Waals surface area (Å²) in [5, 5.41) is 2.42. The molecular weight excluding hydrogens is 256 g/mol. The molecule has 0 heterocycles. The standard InChI is InChI=1S/C16H14O2S/c17-19(18,13-11-15-7-3-1-4-8-15)14-12-16-9-5-2-6-10-16/h1-14H/b13-11-,14-12-. The number of hydrogen-bond acceptors (Lipinski definition) is 2. The summed E-state index contributed by atoms with van der Waals surface area (Å²) in [4.78, 5) is 0. The van der Waals surface area contributed by atoms with Crippen molar-refractivity contribution in [3.05, 3.63) is 82.6 Å². The van der Waals surface area contributed by atoms with Crippen molar-refractivity contribution in [2.45, 2.75) is 0 Å². The van der Waals surface area contributed by atoms with Crippen LogP contribution < -0.4 is 0 Å². The van der Waals surface area contributed by atoms with Gasteiger partial charge in [0, 0.05) is 10.8 Å². The molecule has 0 fully saturated rings. The molecule has 2 aromatic rings. The minimum absolute atomic E-state index is 0.860. The van der Waals surface area contributed by atoms with Crippen LogP contribution in [0.15, 0.2) is 71.5 Å². The molecule has 2 nitrogen and oxygen atoms in total. The molecule has 0 saturated carbocycles. The van der Waals surface area contributed by atoms with E-state index in [0.717, 1.165) is 11.1 Å². The smallest absolute Gasteiger partial charge is 0.193 e. The number of hydrogen-bond donors (Lipinski definition) is 0. The van der Waals surface area contributed by atoms with E-state index in [4.69, 9.17) is 0 Å². The number of sulfone groups is 1. The molecule has 0 amide bonds. The average molecular weight is 270 g/mol. The summed E-state index contributed by atoms with van der Waals surface area (Å²) in [5.74, 6) is 0. The van der Waals surface area contributed by atoms with E-state index in [1.165, 1.54) is 10.8 Å². The molecular formula is C16H14O2S. The van der Waals surface area contributed by atoms with Gasteiger partial charge in [0.1, 0.15) is 0 Å². The van der Waals surface area contributed by atoms with Gasteiger partial charge in [-0.2, -0.15) is 0 Å². The minimum atomic E-state index is -3.34. The van der Waals surface area contributed by atoms with Crippen molar-refractivity contribution >= 4 is 22.0 Å². The third-order valence-electron chi connectivity index (χ3n) is 2.50. The molecule has 19 heavy (non-hydrogen) atoms. The molecule has 0 aliphatic carbocycles. The quantitative estimate of drug-likeness (QED) is 0.848. The van der Waals surface area contributed by atoms with Crippen LogP contribution in [0.25, 0.3) is 12.2 Å². The molecule has 0 aromatic heterocycles. The van der Waals surface area contributed by atoms with E-state index in [9.17, 15) is 8.42 Å². The Morgan fingerprint density at radius 1 is 0.632 bits per heavy atom. The molecule has 2 aromatic carbocycles. The highest BCUT2D eigenvalue weighted by Crippen LogP contribution is 2.07. The summed E-state index contributed by atoms with van der Waals surface area (Å²) < 4.78 is 23.6. The Kier molecular flexibility index (Phi) is 4.31. The monoisotopic (exact) mass is 270 g/mol. The van der Waals surface area contributed by atoms with Gasteiger partial charge in [-0.05, 0) is 23.3 Å². The largest absolute Gasteiger partial charge is 0.220 e. The molecule has 96 valence electrons. The van der Waals surface area contributed by atoms with Crippen LogP contribution in [-0.2, 0) is 9.84 Å². The summed E-state index contributed by atoms with van der Waals surface area (Å²) in [6.45, 7) is 0. The Bertz CT molecular complexity index is 614. The molecule has 0 radical (unpaired) electrons. The number of rotatable bonds is 4. The second-order valence-corrected chi connectivity index (χ2v) is 5.74. The van der Waals surface area contributed by atoms with Crippen LogP contribution in [0.3, 0.4) is 0 Å². The van der Waals surface area contributed by atoms with Gasteiger partial charge in [-0.1, -0.05) is 60.7 Å². The molecule has 0 bridgehead atoms. The van der Waals surface area contributed by atoms with E-state index in [1.807, 2.05) is 60.7 Å². The maximum Gasteiger partial charge on any atom is 0.193 e. The molecule has 0 unspecified atom stereocenters. The average Bonchev–Trinajstić information content (AvgIpc) is 2.46. The SMILES string of the molecule is O=S(=O)(/C=C\c1ccccc1)/C=C\c1ccccc1. The van der Waals surface area contributed by atoms with Crippen LogP contribution in [0.5, 0.6) is 0 Å². The Hall–Kier alpha value is -2.13. The van der Waals surface area contributed by atoms with Crippen LogP contribution in [0, 0.1) is 0 Å². The second-order valence-electron chi connectivity index (χ2n) is 4.02. The summed E-state index contributed by atoms with van der Waals surface area (Å²) in [6, 6.07) is 18.7. The molecule has 0 saturated heterocycles. The summed E-state index contributed by atoms with van der Waals surface area (Å²) >= 11 is 0. The first-order chi connectivity index (χ1) is 9.16. The third-order valence-corrected chi connectivity index (χ3v) is 3.53. The third kappa shape index (κ3) is 4.56. The van der Waals surface area contributed by atoms with Crippen molar-refractivity contribution in [1.82, 2.24) is 0 Å². The van der Waals surface area contributed by atoms with Crippen molar-refractivity contribution in [2.75, 3.05) is 0 Å². The zero-order valence-corrected chi connectivity index (χ0v) is 11.1.